The number of carboxylic acids is 1. The number of para-hydroxylation sites is 1. The number of hydrogen-bond acceptors (Lipinski definition) is 5. The summed E-state index contributed by atoms with van der Waals surface area (Å²) in [5.41, 5.74) is 2.65. The number of unbranched alkanes of at least 4 members (excludes halogenated alkanes) is 2. The van der Waals surface area contributed by atoms with E-state index in [4.69, 9.17) is 0 Å². The molecule has 1 heterocycles. The van der Waals surface area contributed by atoms with Crippen molar-refractivity contribution < 1.29 is 19.4 Å². The van der Waals surface area contributed by atoms with E-state index in [1.807, 2.05) is 54.2 Å². The van der Waals surface area contributed by atoms with E-state index in [1.54, 1.807) is 12.1 Å². The predicted octanol–water partition coefficient (Wildman–Crippen LogP) is 2.77. The molecule has 8 heteroatoms. The van der Waals surface area contributed by atoms with Crippen LogP contribution in [0.5, 0.6) is 0 Å². The number of aliphatic carboxylic acids is 1. The molecule has 0 saturated heterocycles. The molecule has 0 bridgehead atoms. The van der Waals surface area contributed by atoms with Crippen molar-refractivity contribution in [2.75, 3.05) is 5.32 Å². The number of carbonyl (C=O) groups is 1. The number of carboxylic acid groups (broad SMARTS) is 1. The first kappa shape index (κ1) is 21.0. The van der Waals surface area contributed by atoms with Crippen LogP contribution in [0.15, 0.2) is 54.7 Å². The minimum Gasteiger partial charge on any atom is -0.550 e. The fourth-order valence-corrected chi connectivity index (χ4v) is 3.45. The molecule has 0 unspecified atom stereocenters. The molecule has 0 amide bonds. The lowest BCUT2D eigenvalue weighted by molar-refractivity contribution is -0.674. The van der Waals surface area contributed by atoms with Crippen LogP contribution in [0.3, 0.4) is 0 Å². The number of nitrogens with zero attached hydrogens (tertiary/aromatic N) is 3. The van der Waals surface area contributed by atoms with Crippen molar-refractivity contribution in [3.05, 3.63) is 70.7 Å². The first-order valence-corrected chi connectivity index (χ1v) is 9.82. The highest BCUT2D eigenvalue weighted by atomic mass is 16.6. The summed E-state index contributed by atoms with van der Waals surface area (Å²) >= 11 is 0. The lowest BCUT2D eigenvalue weighted by Crippen LogP contribution is -2.36. The Balaban J connectivity index is 1.88. The smallest absolute Gasteiger partial charge is 0.283 e. The standard InChI is InChI=1S/C22H24N4O4/c1-24-20-16-18(26(29)30)11-12-19(20)25(15-7-3-6-10-22(27)28)21(24)13-14-23-17-8-4-2-5-9-17/h2,4-5,8-9,11-14,16H,3,6-7,10,15H2,1H3,(H,27,28). The highest BCUT2D eigenvalue weighted by Gasteiger charge is 2.23. The van der Waals surface area contributed by atoms with Gasteiger partial charge in [-0.25, -0.2) is 9.13 Å². The summed E-state index contributed by atoms with van der Waals surface area (Å²) in [5, 5.41) is 25.0. The van der Waals surface area contributed by atoms with Crippen molar-refractivity contribution in [2.45, 2.75) is 32.2 Å². The number of benzene rings is 2. The van der Waals surface area contributed by atoms with E-state index in [1.165, 1.54) is 6.07 Å². The normalized spacial score (nSPS) is 11.2. The first-order chi connectivity index (χ1) is 14.5. The zero-order chi connectivity index (χ0) is 21.5. The summed E-state index contributed by atoms with van der Waals surface area (Å²) in [5.74, 6) is -0.149. The number of nitro groups is 1. The number of nitrogens with one attached hydrogen (secondary N) is 1. The Labute approximate surface area is 174 Å². The van der Waals surface area contributed by atoms with Crippen LogP contribution in [-0.4, -0.2) is 15.5 Å². The molecule has 3 aromatic rings. The van der Waals surface area contributed by atoms with Gasteiger partial charge in [-0.1, -0.05) is 18.2 Å². The van der Waals surface area contributed by atoms with Crippen molar-refractivity contribution in [1.29, 1.82) is 0 Å². The zero-order valence-corrected chi connectivity index (χ0v) is 16.8. The summed E-state index contributed by atoms with van der Waals surface area (Å²) in [6, 6.07) is 14.6. The Morgan fingerprint density at radius 1 is 1.17 bits per heavy atom. The Morgan fingerprint density at radius 2 is 1.93 bits per heavy atom. The van der Waals surface area contributed by atoms with Crippen LogP contribution >= 0.6 is 0 Å². The molecular weight excluding hydrogens is 384 g/mol. The number of nitro benzene ring substituents is 1. The average Bonchev–Trinajstić information content (AvgIpc) is 2.99. The minimum atomic E-state index is -1.03. The van der Waals surface area contributed by atoms with Gasteiger partial charge in [0.05, 0.1) is 24.6 Å². The Kier molecular flexibility index (Phi) is 6.79. The van der Waals surface area contributed by atoms with Crippen LogP contribution in [0.2, 0.25) is 0 Å². The Morgan fingerprint density at radius 3 is 2.63 bits per heavy atom. The summed E-state index contributed by atoms with van der Waals surface area (Å²) in [6.45, 7) is 0.674. The van der Waals surface area contributed by atoms with Gasteiger partial charge >= 0.3 is 0 Å². The van der Waals surface area contributed by atoms with Crippen molar-refractivity contribution in [1.82, 2.24) is 4.57 Å². The molecule has 1 aromatic heterocycles. The maximum Gasteiger partial charge on any atom is 0.283 e. The molecule has 0 spiro atoms. The van der Waals surface area contributed by atoms with Crippen LogP contribution < -0.4 is 15.0 Å². The fraction of sp³-hybridized carbons (Fsp3) is 0.273. The van der Waals surface area contributed by atoms with Gasteiger partial charge in [-0.15, -0.1) is 0 Å². The number of rotatable bonds is 10. The number of carbonyl (C=O) groups excluding carboxylic acids is 1. The van der Waals surface area contributed by atoms with Crippen molar-refractivity contribution >= 4 is 34.5 Å². The van der Waals surface area contributed by atoms with Crippen LogP contribution in [0.4, 0.5) is 11.4 Å². The van der Waals surface area contributed by atoms with Gasteiger partial charge in [-0.05, 0) is 43.9 Å². The molecule has 0 aliphatic carbocycles. The largest absolute Gasteiger partial charge is 0.550 e. The number of non-ortho nitro benzene ring substituents is 1. The molecule has 0 fully saturated rings. The highest BCUT2D eigenvalue weighted by molar-refractivity contribution is 5.76. The van der Waals surface area contributed by atoms with E-state index >= 15 is 0 Å². The molecular formula is C22H24N4O4. The number of anilines is 1. The maximum atomic E-state index is 11.2. The third kappa shape index (κ3) is 5.02. The first-order valence-electron chi connectivity index (χ1n) is 9.82. The molecule has 2 aromatic carbocycles. The number of imidazole rings is 1. The van der Waals surface area contributed by atoms with Crippen molar-refractivity contribution in [2.24, 2.45) is 7.05 Å². The molecule has 0 aliphatic heterocycles. The van der Waals surface area contributed by atoms with Gasteiger partial charge in [0.2, 0.25) is 0 Å². The van der Waals surface area contributed by atoms with Gasteiger partial charge in [0.1, 0.15) is 0 Å². The summed E-state index contributed by atoms with van der Waals surface area (Å²) in [7, 11) is 1.88. The lowest BCUT2D eigenvalue weighted by atomic mass is 10.2. The fourth-order valence-electron chi connectivity index (χ4n) is 3.45. The highest BCUT2D eigenvalue weighted by Crippen LogP contribution is 2.21. The molecule has 1 N–H and O–H groups in total. The number of fused-ring (bicyclic) bond motifs is 1. The number of aromatic nitrogens is 2. The number of aryl methyl sites for hydroxylation is 2. The average molecular weight is 408 g/mol. The molecule has 0 aliphatic rings. The SMILES string of the molecule is Cn1c(C=CNc2ccccc2)[n+](CCCCCC(=O)[O-])c2ccc([N+](=O)[O-])cc21. The summed E-state index contributed by atoms with van der Waals surface area (Å²) in [6.07, 6.45) is 5.95. The predicted molar refractivity (Wildman–Crippen MR) is 112 cm³/mol. The van der Waals surface area contributed by atoms with E-state index in [0.29, 0.717) is 13.0 Å². The summed E-state index contributed by atoms with van der Waals surface area (Å²) in [4.78, 5) is 21.4. The van der Waals surface area contributed by atoms with Crippen LogP contribution in [0.1, 0.15) is 31.5 Å². The number of hydrogen-bond donors (Lipinski definition) is 1. The third-order valence-corrected chi connectivity index (χ3v) is 4.96. The van der Waals surface area contributed by atoms with E-state index in [0.717, 1.165) is 35.4 Å². The van der Waals surface area contributed by atoms with Crippen LogP contribution in [-0.2, 0) is 18.4 Å². The topological polar surface area (TPSA) is 104 Å². The van der Waals surface area contributed by atoms with Gasteiger partial charge in [0.15, 0.2) is 11.0 Å². The van der Waals surface area contributed by atoms with E-state index in [9.17, 15) is 20.0 Å². The Hall–Kier alpha value is -3.68. The second-order valence-corrected chi connectivity index (χ2v) is 7.03. The maximum absolute atomic E-state index is 11.2. The van der Waals surface area contributed by atoms with E-state index in [2.05, 4.69) is 9.88 Å². The summed E-state index contributed by atoms with van der Waals surface area (Å²) < 4.78 is 4.02. The van der Waals surface area contributed by atoms with Gasteiger partial charge < -0.3 is 15.2 Å². The van der Waals surface area contributed by atoms with Crippen molar-refractivity contribution in [3.63, 3.8) is 0 Å². The minimum absolute atomic E-state index is 0.0437. The lowest BCUT2D eigenvalue weighted by Gasteiger charge is -2.03. The van der Waals surface area contributed by atoms with Crippen LogP contribution in [0.25, 0.3) is 17.1 Å². The molecule has 0 radical (unpaired) electrons. The van der Waals surface area contributed by atoms with E-state index < -0.39 is 10.9 Å². The zero-order valence-electron chi connectivity index (χ0n) is 16.8. The third-order valence-electron chi connectivity index (χ3n) is 4.96. The molecule has 8 nitrogen and oxygen atoms in total. The van der Waals surface area contributed by atoms with Gasteiger partial charge in [0.25, 0.3) is 11.5 Å². The molecule has 3 rings (SSSR count). The van der Waals surface area contributed by atoms with Gasteiger partial charge in [-0.2, -0.15) is 0 Å². The molecule has 0 atom stereocenters. The van der Waals surface area contributed by atoms with Gasteiger partial charge in [-0.3, -0.25) is 10.1 Å². The monoisotopic (exact) mass is 408 g/mol. The van der Waals surface area contributed by atoms with Gasteiger partial charge in [0, 0.05) is 30.0 Å². The second kappa shape index (κ2) is 9.69. The molecule has 30 heavy (non-hydrogen) atoms. The van der Waals surface area contributed by atoms with Crippen LogP contribution in [0, 0.1) is 10.1 Å². The Bertz CT molecular complexity index is 1070. The quantitative estimate of drug-likeness (QED) is 0.240. The second-order valence-electron chi connectivity index (χ2n) is 7.03. The molecule has 0 saturated carbocycles. The van der Waals surface area contributed by atoms with E-state index in [-0.39, 0.29) is 12.1 Å². The van der Waals surface area contributed by atoms with Crippen molar-refractivity contribution in [3.8, 4) is 0 Å². The molecule has 156 valence electrons.